The molecule has 146 valence electrons. The average Bonchev–Trinajstić information content (AvgIpc) is 2.59. The first kappa shape index (κ1) is 18.3. The van der Waals surface area contributed by atoms with E-state index in [9.17, 15) is 19.8 Å². The maximum atomic E-state index is 12.7. The quantitative estimate of drug-likeness (QED) is 0.610. The number of nitrogens with one attached hydrogen (secondary N) is 1. The number of benzene rings is 1. The molecule has 6 heteroatoms. The molecule has 4 bridgehead atoms. The van der Waals surface area contributed by atoms with Gasteiger partial charge in [0.15, 0.2) is 0 Å². The van der Waals surface area contributed by atoms with Gasteiger partial charge < -0.3 is 21.3 Å². The van der Waals surface area contributed by atoms with Gasteiger partial charge in [-0.2, -0.15) is 0 Å². The van der Waals surface area contributed by atoms with Crippen LogP contribution in [0.25, 0.3) is 0 Å². The Kier molecular flexibility index (Phi) is 4.62. The first-order valence-corrected chi connectivity index (χ1v) is 9.91. The van der Waals surface area contributed by atoms with Gasteiger partial charge in [0.05, 0.1) is 6.04 Å². The molecule has 4 aliphatic rings. The highest BCUT2D eigenvalue weighted by molar-refractivity contribution is 5.87. The topological polar surface area (TPSA) is 113 Å². The van der Waals surface area contributed by atoms with Gasteiger partial charge in [-0.15, -0.1) is 0 Å². The maximum Gasteiger partial charge on any atom is 0.326 e. The van der Waals surface area contributed by atoms with Crippen LogP contribution >= 0.6 is 0 Å². The van der Waals surface area contributed by atoms with E-state index in [2.05, 4.69) is 5.32 Å². The van der Waals surface area contributed by atoms with Crippen molar-refractivity contribution in [2.75, 3.05) is 0 Å². The summed E-state index contributed by atoms with van der Waals surface area (Å²) in [6.45, 7) is 0. The number of hydrogen-bond donors (Lipinski definition) is 4. The Balaban J connectivity index is 1.46. The highest BCUT2D eigenvalue weighted by atomic mass is 16.4. The molecule has 0 heterocycles. The standard InChI is InChI=1S/C21H28N2O4/c22-17(8-12-1-3-16(24)4-2-12)19(25)23-18(20(26)27)21-9-13-5-14(10-21)7-15(6-13)11-21/h1-4,13-15,17-18,24H,5-11,22H2,(H,23,25)(H,26,27)/t13?,14?,15?,17-,18+,21?/m0/s1. The minimum atomic E-state index is -0.942. The van der Waals surface area contributed by atoms with E-state index < -0.39 is 24.0 Å². The Bertz CT molecular complexity index is 695. The second kappa shape index (κ2) is 6.82. The summed E-state index contributed by atoms with van der Waals surface area (Å²) in [6, 6.07) is 4.87. The van der Waals surface area contributed by atoms with Crippen LogP contribution in [-0.4, -0.2) is 34.2 Å². The first-order valence-electron chi connectivity index (χ1n) is 9.91. The number of carboxylic acid groups (broad SMARTS) is 1. The summed E-state index contributed by atoms with van der Waals surface area (Å²) in [4.78, 5) is 24.8. The fraction of sp³-hybridized carbons (Fsp3) is 0.619. The second-order valence-electron chi connectivity index (χ2n) is 9.04. The highest BCUT2D eigenvalue weighted by Gasteiger charge is 2.56. The Labute approximate surface area is 159 Å². The van der Waals surface area contributed by atoms with Crippen LogP contribution in [0.3, 0.4) is 0 Å². The van der Waals surface area contributed by atoms with E-state index in [1.165, 1.54) is 19.3 Å². The number of nitrogens with two attached hydrogens (primary N) is 1. The van der Waals surface area contributed by atoms with Crippen LogP contribution in [0.15, 0.2) is 24.3 Å². The summed E-state index contributed by atoms with van der Waals surface area (Å²) in [5, 5.41) is 22.0. The monoisotopic (exact) mass is 372 g/mol. The molecule has 0 unspecified atom stereocenters. The van der Waals surface area contributed by atoms with Crippen LogP contribution in [0.5, 0.6) is 5.75 Å². The summed E-state index contributed by atoms with van der Waals surface area (Å²) in [5.74, 6) is 0.639. The molecule has 0 aliphatic heterocycles. The van der Waals surface area contributed by atoms with Gasteiger partial charge in [-0.25, -0.2) is 4.79 Å². The summed E-state index contributed by atoms with van der Waals surface area (Å²) in [6.07, 6.45) is 6.69. The molecule has 6 nitrogen and oxygen atoms in total. The van der Waals surface area contributed by atoms with Crippen LogP contribution in [0.4, 0.5) is 0 Å². The number of rotatable bonds is 6. The molecule has 0 saturated heterocycles. The molecule has 0 spiro atoms. The predicted molar refractivity (Wildman–Crippen MR) is 100.0 cm³/mol. The maximum absolute atomic E-state index is 12.7. The molecular weight excluding hydrogens is 344 g/mol. The summed E-state index contributed by atoms with van der Waals surface area (Å²) in [7, 11) is 0. The number of carbonyl (C=O) groups is 2. The van der Waals surface area contributed by atoms with Gasteiger partial charge in [0.2, 0.25) is 5.91 Å². The van der Waals surface area contributed by atoms with Gasteiger partial charge in [0.1, 0.15) is 11.8 Å². The number of carboxylic acids is 1. The molecule has 1 aromatic carbocycles. The smallest absolute Gasteiger partial charge is 0.326 e. The number of phenols is 1. The number of phenolic OH excluding ortho intramolecular Hbond substituents is 1. The Morgan fingerprint density at radius 3 is 2.07 bits per heavy atom. The zero-order valence-corrected chi connectivity index (χ0v) is 15.4. The van der Waals surface area contributed by atoms with Crippen molar-refractivity contribution in [3.63, 3.8) is 0 Å². The normalized spacial score (nSPS) is 33.4. The van der Waals surface area contributed by atoms with Crippen molar-refractivity contribution >= 4 is 11.9 Å². The van der Waals surface area contributed by atoms with E-state index in [0.717, 1.165) is 24.8 Å². The molecule has 5 N–H and O–H groups in total. The van der Waals surface area contributed by atoms with E-state index in [0.29, 0.717) is 24.2 Å². The SMILES string of the molecule is N[C@@H](Cc1ccc(O)cc1)C(=O)N[C@H](C(=O)O)C12CC3CC(CC(C3)C1)C2. The van der Waals surface area contributed by atoms with Crippen LogP contribution in [0.1, 0.15) is 44.1 Å². The van der Waals surface area contributed by atoms with Crippen molar-refractivity contribution in [2.24, 2.45) is 28.9 Å². The Hall–Kier alpha value is -2.08. The van der Waals surface area contributed by atoms with Gasteiger partial charge in [-0.05, 0) is 80.4 Å². The molecule has 4 saturated carbocycles. The van der Waals surface area contributed by atoms with Crippen LogP contribution in [0, 0.1) is 23.2 Å². The van der Waals surface area contributed by atoms with E-state index in [-0.39, 0.29) is 11.2 Å². The predicted octanol–water partition coefficient (Wildman–Crippen LogP) is 2.05. The lowest BCUT2D eigenvalue weighted by atomic mass is 9.47. The molecule has 1 amide bonds. The second-order valence-corrected chi connectivity index (χ2v) is 9.04. The van der Waals surface area contributed by atoms with Crippen LogP contribution in [0.2, 0.25) is 0 Å². The number of carbonyl (C=O) groups excluding carboxylic acids is 1. The first-order chi connectivity index (χ1) is 12.8. The van der Waals surface area contributed by atoms with Gasteiger partial charge in [0, 0.05) is 5.41 Å². The van der Waals surface area contributed by atoms with Crippen molar-refractivity contribution in [2.45, 2.75) is 57.0 Å². The Morgan fingerprint density at radius 1 is 1.07 bits per heavy atom. The fourth-order valence-corrected chi connectivity index (χ4v) is 6.24. The molecule has 1 aromatic rings. The third kappa shape index (κ3) is 3.55. The molecular formula is C21H28N2O4. The lowest BCUT2D eigenvalue weighted by Crippen LogP contribution is -2.61. The number of aliphatic carboxylic acids is 1. The molecule has 0 radical (unpaired) electrons. The number of amides is 1. The van der Waals surface area contributed by atoms with Gasteiger partial charge in [-0.1, -0.05) is 12.1 Å². The zero-order valence-electron chi connectivity index (χ0n) is 15.4. The summed E-state index contributed by atoms with van der Waals surface area (Å²) in [5.41, 5.74) is 6.58. The lowest BCUT2D eigenvalue weighted by molar-refractivity contribution is -0.154. The van der Waals surface area contributed by atoms with E-state index in [1.54, 1.807) is 24.3 Å². The fourth-order valence-electron chi connectivity index (χ4n) is 6.24. The molecule has 2 atom stereocenters. The number of aromatic hydroxyl groups is 1. The molecule has 0 aromatic heterocycles. The van der Waals surface area contributed by atoms with E-state index in [4.69, 9.17) is 5.73 Å². The van der Waals surface area contributed by atoms with Gasteiger partial charge >= 0.3 is 5.97 Å². The minimum Gasteiger partial charge on any atom is -0.508 e. The summed E-state index contributed by atoms with van der Waals surface area (Å²) >= 11 is 0. The van der Waals surface area contributed by atoms with Crippen molar-refractivity contribution < 1.29 is 19.8 Å². The van der Waals surface area contributed by atoms with Gasteiger partial charge in [0.25, 0.3) is 0 Å². The minimum absolute atomic E-state index is 0.157. The average molecular weight is 372 g/mol. The zero-order chi connectivity index (χ0) is 19.2. The van der Waals surface area contributed by atoms with Crippen molar-refractivity contribution in [3.8, 4) is 5.75 Å². The van der Waals surface area contributed by atoms with Crippen LogP contribution < -0.4 is 11.1 Å². The highest BCUT2D eigenvalue weighted by Crippen LogP contribution is 2.61. The third-order valence-corrected chi connectivity index (χ3v) is 6.96. The number of hydrogen-bond acceptors (Lipinski definition) is 4. The van der Waals surface area contributed by atoms with Crippen molar-refractivity contribution in [1.82, 2.24) is 5.32 Å². The van der Waals surface area contributed by atoms with E-state index in [1.807, 2.05) is 0 Å². The third-order valence-electron chi connectivity index (χ3n) is 6.96. The lowest BCUT2D eigenvalue weighted by Gasteiger charge is -2.58. The Morgan fingerprint density at radius 2 is 1.59 bits per heavy atom. The van der Waals surface area contributed by atoms with Crippen LogP contribution in [-0.2, 0) is 16.0 Å². The molecule has 27 heavy (non-hydrogen) atoms. The summed E-state index contributed by atoms with van der Waals surface area (Å²) < 4.78 is 0. The van der Waals surface area contributed by atoms with Crippen molar-refractivity contribution in [3.05, 3.63) is 29.8 Å². The molecule has 5 rings (SSSR count). The largest absolute Gasteiger partial charge is 0.508 e. The molecule has 4 fully saturated rings. The van der Waals surface area contributed by atoms with Crippen molar-refractivity contribution in [1.29, 1.82) is 0 Å². The molecule has 4 aliphatic carbocycles. The van der Waals surface area contributed by atoms with Gasteiger partial charge in [-0.3, -0.25) is 4.79 Å². The van der Waals surface area contributed by atoms with E-state index >= 15 is 0 Å².